The van der Waals surface area contributed by atoms with Gasteiger partial charge in [-0.15, -0.1) is 0 Å². The lowest BCUT2D eigenvalue weighted by Crippen LogP contribution is -1.78. The molecule has 0 fully saturated rings. The van der Waals surface area contributed by atoms with Crippen molar-refractivity contribution >= 4 is 23.3 Å². The van der Waals surface area contributed by atoms with Crippen molar-refractivity contribution in [2.24, 2.45) is 0 Å². The minimum Gasteiger partial charge on any atom is -0.481 e. The lowest BCUT2D eigenvalue weighted by Gasteiger charge is -1.59. The van der Waals surface area contributed by atoms with Gasteiger partial charge < -0.3 is 10.2 Å². The first kappa shape index (κ1) is 15.8. The molecule has 0 rings (SSSR count). The zero-order chi connectivity index (χ0) is 5.58. The average molecular weight is 122 g/mol. The Morgan fingerprint density at radius 1 is 1.43 bits per heavy atom. The molecular weight excluding hydrogens is 111 g/mol. The molecule has 0 saturated heterocycles. The molecule has 0 bridgehead atoms. The smallest absolute Gasteiger partial charge is 0.300 e. The van der Waals surface area contributed by atoms with Gasteiger partial charge in [-0.3, -0.25) is 4.79 Å². The van der Waals surface area contributed by atoms with Crippen LogP contribution in [0.25, 0.3) is 0 Å². The molecule has 0 aliphatic carbocycles. The van der Waals surface area contributed by atoms with Gasteiger partial charge in [0.25, 0.3) is 5.97 Å². The first-order valence-electron chi connectivity index (χ1n) is 1.37. The van der Waals surface area contributed by atoms with E-state index in [1.54, 1.807) is 0 Å². The molecule has 2 N–H and O–H groups in total. The van der Waals surface area contributed by atoms with E-state index < -0.39 is 5.97 Å². The summed E-state index contributed by atoms with van der Waals surface area (Å²) < 4.78 is 0. The van der Waals surface area contributed by atoms with E-state index in [1.165, 1.54) is 0 Å². The zero-order valence-electron chi connectivity index (χ0n) is 3.80. The van der Waals surface area contributed by atoms with Crippen molar-refractivity contribution < 1.29 is 15.0 Å². The van der Waals surface area contributed by atoms with Crippen LogP contribution in [0.5, 0.6) is 0 Å². The Labute approximate surface area is 53.1 Å². The van der Waals surface area contributed by atoms with Crippen LogP contribution < -0.4 is 0 Å². The molecule has 7 heavy (non-hydrogen) atoms. The highest BCUT2D eigenvalue weighted by Gasteiger charge is 1.65. The Bertz CT molecular complexity index is 33.2. The van der Waals surface area contributed by atoms with Gasteiger partial charge in [-0.05, 0) is 0 Å². The molecule has 0 saturated carbocycles. The van der Waals surface area contributed by atoms with Crippen LogP contribution in [0, 0.1) is 0 Å². The van der Waals surface area contributed by atoms with E-state index in [9.17, 15) is 0 Å². The van der Waals surface area contributed by atoms with E-state index in [1.807, 2.05) is 0 Å². The van der Waals surface area contributed by atoms with Crippen LogP contribution >= 0.6 is 0 Å². The topological polar surface area (TPSA) is 57.5 Å². The zero-order valence-corrected chi connectivity index (χ0v) is 3.80. The summed E-state index contributed by atoms with van der Waals surface area (Å²) in [7, 11) is 1.00. The van der Waals surface area contributed by atoms with Crippen LogP contribution in [0.15, 0.2) is 0 Å². The number of aliphatic hydroxyl groups excluding tert-OH is 1. The van der Waals surface area contributed by atoms with E-state index in [-0.39, 0.29) is 17.4 Å². The largest absolute Gasteiger partial charge is 0.481 e. The van der Waals surface area contributed by atoms with E-state index in [4.69, 9.17) is 15.0 Å². The standard InChI is InChI=1S/C2H4O2.CH4O.Al.3H/c1-2(3)4;1-2;;;;/h1H3,(H,3,4);2H,1H3;;;;. The van der Waals surface area contributed by atoms with E-state index in [0.717, 1.165) is 14.0 Å². The van der Waals surface area contributed by atoms with Crippen LogP contribution in [-0.2, 0) is 4.79 Å². The molecule has 0 spiro atoms. The van der Waals surface area contributed by atoms with Crippen molar-refractivity contribution in [3.63, 3.8) is 0 Å². The monoisotopic (exact) mass is 122 g/mol. The predicted molar refractivity (Wildman–Crippen MR) is 31.4 cm³/mol. The van der Waals surface area contributed by atoms with Crippen molar-refractivity contribution in [1.29, 1.82) is 0 Å². The maximum absolute atomic E-state index is 9.00. The van der Waals surface area contributed by atoms with Crippen molar-refractivity contribution in [2.45, 2.75) is 6.92 Å². The second kappa shape index (κ2) is 16.7. The first-order valence-corrected chi connectivity index (χ1v) is 1.37. The van der Waals surface area contributed by atoms with E-state index in [2.05, 4.69) is 0 Å². The molecule has 0 aromatic rings. The summed E-state index contributed by atoms with van der Waals surface area (Å²) in [6.07, 6.45) is 0. The Balaban J connectivity index is -0.0000000480. The van der Waals surface area contributed by atoms with Crippen LogP contribution in [0.3, 0.4) is 0 Å². The maximum atomic E-state index is 9.00. The van der Waals surface area contributed by atoms with E-state index in [0.29, 0.717) is 0 Å². The molecule has 3 nitrogen and oxygen atoms in total. The number of aliphatic carboxylic acids is 1. The first-order chi connectivity index (χ1) is 2.73. The van der Waals surface area contributed by atoms with Crippen molar-refractivity contribution in [3.05, 3.63) is 0 Å². The van der Waals surface area contributed by atoms with Gasteiger partial charge in [0.15, 0.2) is 17.4 Å². The second-order valence-corrected chi connectivity index (χ2v) is 0.519. The van der Waals surface area contributed by atoms with Crippen molar-refractivity contribution in [3.8, 4) is 0 Å². The lowest BCUT2D eigenvalue weighted by atomic mass is 10.9. The summed E-state index contributed by atoms with van der Waals surface area (Å²) in [6, 6.07) is 0. The fraction of sp³-hybridized carbons (Fsp3) is 0.667. The fourth-order valence-electron chi connectivity index (χ4n) is 0. The molecule has 0 heterocycles. The molecule has 0 aromatic heterocycles. The number of hydrogen-bond acceptors (Lipinski definition) is 2. The summed E-state index contributed by atoms with van der Waals surface area (Å²) in [4.78, 5) is 9.00. The fourth-order valence-corrected chi connectivity index (χ4v) is 0. The minimum atomic E-state index is -0.833. The molecule has 0 aliphatic rings. The number of carboxylic acids is 1. The summed E-state index contributed by atoms with van der Waals surface area (Å²) in [5.41, 5.74) is 0. The molecule has 44 valence electrons. The van der Waals surface area contributed by atoms with Crippen LogP contribution in [0.2, 0.25) is 0 Å². The highest BCUT2D eigenvalue weighted by Crippen LogP contribution is 1.42. The van der Waals surface area contributed by atoms with Gasteiger partial charge >= 0.3 is 0 Å². The third-order valence-electron chi connectivity index (χ3n) is 0. The van der Waals surface area contributed by atoms with Crippen molar-refractivity contribution in [1.82, 2.24) is 0 Å². The van der Waals surface area contributed by atoms with Gasteiger partial charge in [-0.25, -0.2) is 0 Å². The summed E-state index contributed by atoms with van der Waals surface area (Å²) >= 11 is 0. The van der Waals surface area contributed by atoms with Crippen molar-refractivity contribution in [2.75, 3.05) is 7.11 Å². The summed E-state index contributed by atoms with van der Waals surface area (Å²) in [5, 5.41) is 14.4. The molecule has 0 unspecified atom stereocenters. The molecule has 0 aromatic carbocycles. The lowest BCUT2D eigenvalue weighted by molar-refractivity contribution is -0.134. The summed E-state index contributed by atoms with van der Waals surface area (Å²) in [6.45, 7) is 1.08. The molecule has 0 radical (unpaired) electrons. The van der Waals surface area contributed by atoms with E-state index >= 15 is 0 Å². The highest BCUT2D eigenvalue weighted by molar-refractivity contribution is 5.75. The molecule has 0 aliphatic heterocycles. The number of carboxylic acid groups (broad SMARTS) is 1. The van der Waals surface area contributed by atoms with Gasteiger partial charge in [0.05, 0.1) is 0 Å². The SMILES string of the molecule is CC(=O)O.CO.[AlH3]. The van der Waals surface area contributed by atoms with Gasteiger partial charge in [-0.1, -0.05) is 0 Å². The number of rotatable bonds is 0. The van der Waals surface area contributed by atoms with Crippen LogP contribution in [0.1, 0.15) is 6.92 Å². The van der Waals surface area contributed by atoms with Crippen LogP contribution in [-0.4, -0.2) is 40.7 Å². The third kappa shape index (κ3) is 66500. The Morgan fingerprint density at radius 2 is 1.43 bits per heavy atom. The molecule has 4 heteroatoms. The normalized spacial score (nSPS) is 4.43. The number of hydrogen-bond donors (Lipinski definition) is 2. The van der Waals surface area contributed by atoms with Gasteiger partial charge in [0.1, 0.15) is 0 Å². The third-order valence-corrected chi connectivity index (χ3v) is 0. The molecular formula is C3H11AlO3. The molecule has 0 atom stereocenters. The predicted octanol–water partition coefficient (Wildman–Crippen LogP) is -1.48. The number of carbonyl (C=O) groups is 1. The quantitative estimate of drug-likeness (QED) is 0.385. The minimum absolute atomic E-state index is 0. The Morgan fingerprint density at radius 3 is 1.43 bits per heavy atom. The average Bonchev–Trinajstić information content (AvgIpc) is 1.41. The maximum Gasteiger partial charge on any atom is 0.300 e. The van der Waals surface area contributed by atoms with Gasteiger partial charge in [0, 0.05) is 14.0 Å². The molecule has 0 amide bonds. The van der Waals surface area contributed by atoms with Crippen LogP contribution in [0.4, 0.5) is 0 Å². The Kier molecular flexibility index (Phi) is 37.7. The van der Waals surface area contributed by atoms with Gasteiger partial charge in [-0.2, -0.15) is 0 Å². The second-order valence-electron chi connectivity index (χ2n) is 0.519. The van der Waals surface area contributed by atoms with Gasteiger partial charge in [0.2, 0.25) is 0 Å². The summed E-state index contributed by atoms with van der Waals surface area (Å²) in [5.74, 6) is -0.833. The Hall–Kier alpha value is -0.0375. The highest BCUT2D eigenvalue weighted by atomic mass is 27.0. The number of aliphatic hydroxyl groups is 1.